The summed E-state index contributed by atoms with van der Waals surface area (Å²) in [6.45, 7) is 5.63. The first-order chi connectivity index (χ1) is 21.1. The summed E-state index contributed by atoms with van der Waals surface area (Å²) < 4.78 is 35.7. The topological polar surface area (TPSA) is 124 Å². The molecule has 230 valence electrons. The molecule has 13 heteroatoms. The van der Waals surface area contributed by atoms with E-state index in [0.717, 1.165) is 5.56 Å². The lowest BCUT2D eigenvalue weighted by atomic mass is 10.0. The molecule has 44 heavy (non-hydrogen) atoms. The number of aryl methyl sites for hydroxylation is 1. The van der Waals surface area contributed by atoms with E-state index in [9.17, 15) is 23.5 Å². The summed E-state index contributed by atoms with van der Waals surface area (Å²) in [6, 6.07) is 7.73. The molecule has 0 spiro atoms. The van der Waals surface area contributed by atoms with Crippen molar-refractivity contribution in [2.75, 3.05) is 45.2 Å². The Balaban J connectivity index is 1.14. The molecule has 0 saturated carbocycles. The zero-order valence-corrected chi connectivity index (χ0v) is 24.6. The molecular formula is C31H33F2N7O4. The lowest BCUT2D eigenvalue weighted by Crippen LogP contribution is -2.54. The van der Waals surface area contributed by atoms with Gasteiger partial charge in [-0.25, -0.2) is 14.4 Å². The van der Waals surface area contributed by atoms with Gasteiger partial charge >= 0.3 is 0 Å². The number of ether oxygens (including phenoxy) is 1. The third-order valence-electron chi connectivity index (χ3n) is 8.24. The van der Waals surface area contributed by atoms with Crippen LogP contribution >= 0.6 is 0 Å². The van der Waals surface area contributed by atoms with E-state index in [1.54, 1.807) is 39.5 Å². The zero-order chi connectivity index (χ0) is 31.2. The maximum atomic E-state index is 14.8. The summed E-state index contributed by atoms with van der Waals surface area (Å²) in [5, 5.41) is 16.5. The quantitative estimate of drug-likeness (QED) is 0.306. The Labute approximate surface area is 252 Å². The molecule has 2 saturated heterocycles. The minimum absolute atomic E-state index is 0.0280. The SMILES string of the molecule is COc1ccc(-c2cnc3c(Nc4ccc(C(=O)N5CCN(C(=O)[C@@H]6C[C@](C)(O)CN6)CC5)c(C)c4)nccn23)c(F)c1F. The highest BCUT2D eigenvalue weighted by Crippen LogP contribution is 2.32. The molecule has 2 amide bonds. The van der Waals surface area contributed by atoms with Crippen molar-refractivity contribution in [1.82, 2.24) is 29.5 Å². The molecule has 0 aliphatic carbocycles. The minimum Gasteiger partial charge on any atom is -0.494 e. The van der Waals surface area contributed by atoms with E-state index in [4.69, 9.17) is 4.74 Å². The molecule has 2 aliphatic heterocycles. The van der Waals surface area contributed by atoms with Crippen LogP contribution in [0.15, 0.2) is 48.9 Å². The first-order valence-electron chi connectivity index (χ1n) is 14.3. The van der Waals surface area contributed by atoms with Gasteiger partial charge in [-0.1, -0.05) is 0 Å². The first-order valence-corrected chi connectivity index (χ1v) is 14.3. The maximum absolute atomic E-state index is 14.8. The number of benzene rings is 2. The molecule has 4 heterocycles. The number of halogens is 2. The molecule has 0 radical (unpaired) electrons. The molecule has 0 bridgehead atoms. The van der Waals surface area contributed by atoms with Crippen LogP contribution in [0.4, 0.5) is 20.3 Å². The summed E-state index contributed by atoms with van der Waals surface area (Å²) in [5.74, 6) is -2.07. The second kappa shape index (κ2) is 11.5. The number of nitrogens with one attached hydrogen (secondary N) is 2. The standard InChI is InChI=1S/C31H33F2N7O4/c1-18-14-19(4-5-20(18)29(41)38-10-12-39(13-11-38)30(42)22-15-31(2,43)17-36-22)37-27-28-35-16-23(40(28)9-8-34-27)21-6-7-24(44-3)26(33)25(21)32/h4-9,14,16,22,36,43H,10-13,15,17H2,1-3H3,(H,34,37)/t22-,31-/m0/s1. The van der Waals surface area contributed by atoms with Gasteiger partial charge in [0, 0.05) is 68.4 Å². The van der Waals surface area contributed by atoms with Crippen molar-refractivity contribution in [1.29, 1.82) is 0 Å². The number of amides is 2. The fourth-order valence-corrected chi connectivity index (χ4v) is 5.83. The van der Waals surface area contributed by atoms with Crippen LogP contribution in [-0.2, 0) is 4.79 Å². The van der Waals surface area contributed by atoms with Crippen molar-refractivity contribution in [3.05, 3.63) is 71.7 Å². The molecule has 2 atom stereocenters. The highest BCUT2D eigenvalue weighted by molar-refractivity contribution is 5.96. The lowest BCUT2D eigenvalue weighted by molar-refractivity contribution is -0.134. The first kappa shape index (κ1) is 29.5. The number of piperazine rings is 1. The van der Waals surface area contributed by atoms with Crippen molar-refractivity contribution in [2.24, 2.45) is 0 Å². The van der Waals surface area contributed by atoms with E-state index in [0.29, 0.717) is 67.6 Å². The number of fused-ring (bicyclic) bond motifs is 1. The molecule has 2 aliphatic rings. The van der Waals surface area contributed by atoms with Crippen molar-refractivity contribution >= 4 is 29.0 Å². The minimum atomic E-state index is -1.08. The number of β-amino-alcohol motifs (C(OH)–C–C–N with tert-alkyl or cyclic N) is 1. The molecule has 2 fully saturated rings. The van der Waals surface area contributed by atoms with Crippen molar-refractivity contribution < 1.29 is 28.2 Å². The van der Waals surface area contributed by atoms with Crippen molar-refractivity contribution in [3.63, 3.8) is 0 Å². The number of carbonyl (C=O) groups is 2. The Morgan fingerprint density at radius 1 is 1.09 bits per heavy atom. The monoisotopic (exact) mass is 605 g/mol. The third kappa shape index (κ3) is 5.44. The molecule has 2 aromatic heterocycles. The summed E-state index contributed by atoms with van der Waals surface area (Å²) in [7, 11) is 1.27. The number of hydrogen-bond donors (Lipinski definition) is 3. The van der Waals surface area contributed by atoms with Gasteiger partial charge in [0.15, 0.2) is 23.0 Å². The van der Waals surface area contributed by atoms with Gasteiger partial charge in [-0.15, -0.1) is 0 Å². The van der Waals surface area contributed by atoms with Crippen molar-refractivity contribution in [3.8, 4) is 17.0 Å². The Morgan fingerprint density at radius 3 is 2.52 bits per heavy atom. The van der Waals surface area contributed by atoms with Gasteiger partial charge in [0.05, 0.1) is 30.6 Å². The van der Waals surface area contributed by atoms with Crippen LogP contribution in [0.3, 0.4) is 0 Å². The average Bonchev–Trinajstić information content (AvgIpc) is 3.61. The highest BCUT2D eigenvalue weighted by Gasteiger charge is 2.39. The summed E-state index contributed by atoms with van der Waals surface area (Å²) in [6.07, 6.45) is 4.95. The molecule has 4 aromatic rings. The van der Waals surface area contributed by atoms with Crippen LogP contribution in [0, 0.1) is 18.6 Å². The zero-order valence-electron chi connectivity index (χ0n) is 24.6. The number of aromatic nitrogens is 3. The highest BCUT2D eigenvalue weighted by atomic mass is 19.2. The summed E-state index contributed by atoms with van der Waals surface area (Å²) in [5.41, 5.74) is 1.85. The molecular weight excluding hydrogens is 572 g/mol. The van der Waals surface area contributed by atoms with E-state index in [2.05, 4.69) is 20.6 Å². The Kier molecular flexibility index (Phi) is 7.68. The number of methoxy groups -OCH3 is 1. The smallest absolute Gasteiger partial charge is 0.254 e. The van der Waals surface area contributed by atoms with E-state index in [1.165, 1.54) is 31.6 Å². The van der Waals surface area contributed by atoms with Crippen LogP contribution in [0.25, 0.3) is 16.9 Å². The second-order valence-electron chi connectivity index (χ2n) is 11.5. The number of carbonyl (C=O) groups excluding carboxylic acids is 2. The Morgan fingerprint density at radius 2 is 1.84 bits per heavy atom. The number of nitrogens with zero attached hydrogens (tertiary/aromatic N) is 5. The molecule has 11 nitrogen and oxygen atoms in total. The van der Waals surface area contributed by atoms with Gasteiger partial charge in [-0.2, -0.15) is 4.39 Å². The van der Waals surface area contributed by atoms with Gasteiger partial charge in [-0.3, -0.25) is 14.0 Å². The maximum Gasteiger partial charge on any atom is 0.254 e. The van der Waals surface area contributed by atoms with Gasteiger partial charge in [0.25, 0.3) is 5.91 Å². The summed E-state index contributed by atoms with van der Waals surface area (Å²) in [4.78, 5) is 38.5. The molecule has 0 unspecified atom stereocenters. The Hall–Kier alpha value is -4.62. The number of rotatable bonds is 6. The van der Waals surface area contributed by atoms with E-state index >= 15 is 0 Å². The molecule has 3 N–H and O–H groups in total. The largest absolute Gasteiger partial charge is 0.494 e. The van der Waals surface area contributed by atoms with Crippen LogP contribution in [-0.4, -0.2) is 92.6 Å². The Bertz CT molecular complexity index is 1750. The van der Waals surface area contributed by atoms with Crippen molar-refractivity contribution in [2.45, 2.75) is 31.9 Å². The predicted octanol–water partition coefficient (Wildman–Crippen LogP) is 3.13. The van der Waals surface area contributed by atoms with Gasteiger partial charge in [0.2, 0.25) is 11.7 Å². The molecule has 6 rings (SSSR count). The van der Waals surface area contributed by atoms with E-state index in [1.807, 2.05) is 13.0 Å². The van der Waals surface area contributed by atoms with E-state index < -0.39 is 23.3 Å². The van der Waals surface area contributed by atoms with E-state index in [-0.39, 0.29) is 23.1 Å². The number of anilines is 2. The van der Waals surface area contributed by atoms with Gasteiger partial charge in [0.1, 0.15) is 0 Å². The predicted molar refractivity (Wildman–Crippen MR) is 159 cm³/mol. The third-order valence-corrected chi connectivity index (χ3v) is 8.24. The van der Waals surface area contributed by atoms with Crippen LogP contribution < -0.4 is 15.4 Å². The lowest BCUT2D eigenvalue weighted by Gasteiger charge is -2.36. The second-order valence-corrected chi connectivity index (χ2v) is 11.5. The van der Waals surface area contributed by atoms with Gasteiger partial charge < -0.3 is 30.3 Å². The molecule has 2 aromatic carbocycles. The average molecular weight is 606 g/mol. The number of aliphatic hydroxyl groups is 1. The van der Waals surface area contributed by atoms with Crippen LogP contribution in [0.5, 0.6) is 5.75 Å². The fraction of sp³-hybridized carbons (Fsp3) is 0.355. The number of hydrogen-bond acceptors (Lipinski definition) is 8. The number of imidazole rings is 1. The fourth-order valence-electron chi connectivity index (χ4n) is 5.83. The normalized spacial score (nSPS) is 20.3. The van der Waals surface area contributed by atoms with Gasteiger partial charge in [-0.05, 0) is 49.7 Å². The summed E-state index contributed by atoms with van der Waals surface area (Å²) >= 11 is 0. The van der Waals surface area contributed by atoms with Crippen LogP contribution in [0.2, 0.25) is 0 Å². The van der Waals surface area contributed by atoms with Crippen LogP contribution in [0.1, 0.15) is 29.3 Å².